The number of nitrogens with zero attached hydrogens (tertiary/aromatic N) is 1. The lowest BCUT2D eigenvalue weighted by Gasteiger charge is -2.31. The molecule has 1 aromatic carbocycles. The van der Waals surface area contributed by atoms with Crippen molar-refractivity contribution in [3.63, 3.8) is 0 Å². The number of carboxylic acids is 1. The second kappa shape index (κ2) is 6.86. The molecular formula is C16H23NO3. The highest BCUT2D eigenvalue weighted by Gasteiger charge is 2.20. The molecule has 0 radical (unpaired) electrons. The predicted molar refractivity (Wildman–Crippen MR) is 77.8 cm³/mol. The summed E-state index contributed by atoms with van der Waals surface area (Å²) in [6.07, 6.45) is 1.93. The van der Waals surface area contributed by atoms with Crippen molar-refractivity contribution < 1.29 is 14.6 Å². The normalized spacial score (nSPS) is 17.3. The topological polar surface area (TPSA) is 49.8 Å². The second-order valence-corrected chi connectivity index (χ2v) is 5.68. The Morgan fingerprint density at radius 1 is 1.25 bits per heavy atom. The van der Waals surface area contributed by atoms with Crippen molar-refractivity contribution in [1.29, 1.82) is 0 Å². The molecule has 110 valence electrons. The van der Waals surface area contributed by atoms with Gasteiger partial charge in [-0.25, -0.2) is 4.79 Å². The zero-order valence-corrected chi connectivity index (χ0v) is 12.3. The van der Waals surface area contributed by atoms with Gasteiger partial charge in [-0.1, -0.05) is 29.3 Å². The molecule has 0 saturated carbocycles. The summed E-state index contributed by atoms with van der Waals surface area (Å²) < 4.78 is 5.35. The van der Waals surface area contributed by atoms with Gasteiger partial charge >= 0.3 is 5.97 Å². The molecule has 0 aliphatic carbocycles. The lowest BCUT2D eigenvalue weighted by molar-refractivity contribution is -0.145. The van der Waals surface area contributed by atoms with E-state index in [1.165, 1.54) is 16.7 Å². The van der Waals surface area contributed by atoms with Crippen LogP contribution in [0.3, 0.4) is 0 Å². The van der Waals surface area contributed by atoms with Gasteiger partial charge in [0.2, 0.25) is 0 Å². The third-order valence-electron chi connectivity index (χ3n) is 3.66. The lowest BCUT2D eigenvalue weighted by atomic mass is 10.0. The van der Waals surface area contributed by atoms with Crippen LogP contribution < -0.4 is 0 Å². The van der Waals surface area contributed by atoms with Crippen molar-refractivity contribution in [2.24, 2.45) is 0 Å². The first kappa shape index (κ1) is 15.0. The average Bonchev–Trinajstić information content (AvgIpc) is 2.36. The predicted octanol–water partition coefficient (Wildman–Crippen LogP) is 2.37. The highest BCUT2D eigenvalue weighted by Crippen LogP contribution is 2.17. The molecule has 1 aliphatic heterocycles. The number of aryl methyl sites for hydroxylation is 2. The van der Waals surface area contributed by atoms with E-state index in [2.05, 4.69) is 36.9 Å². The zero-order valence-electron chi connectivity index (χ0n) is 12.3. The van der Waals surface area contributed by atoms with Crippen LogP contribution in [0.15, 0.2) is 18.2 Å². The molecule has 1 aromatic rings. The summed E-state index contributed by atoms with van der Waals surface area (Å²) in [7, 11) is 0. The molecule has 1 N–H and O–H groups in total. The fourth-order valence-electron chi connectivity index (χ4n) is 2.84. The minimum atomic E-state index is -0.886. The molecule has 20 heavy (non-hydrogen) atoms. The summed E-state index contributed by atoms with van der Waals surface area (Å²) in [6, 6.07) is 6.66. The van der Waals surface area contributed by atoms with Crippen LogP contribution in [0.2, 0.25) is 0 Å². The Labute approximate surface area is 120 Å². The van der Waals surface area contributed by atoms with Crippen molar-refractivity contribution >= 4 is 5.97 Å². The van der Waals surface area contributed by atoms with Crippen LogP contribution in [-0.2, 0) is 16.1 Å². The van der Waals surface area contributed by atoms with Crippen LogP contribution in [0, 0.1) is 13.8 Å². The number of likely N-dealkylation sites (tertiary alicyclic amines) is 1. The fraction of sp³-hybridized carbons (Fsp3) is 0.562. The second-order valence-electron chi connectivity index (χ2n) is 5.68. The third kappa shape index (κ3) is 4.62. The van der Waals surface area contributed by atoms with Gasteiger partial charge < -0.3 is 9.84 Å². The van der Waals surface area contributed by atoms with Crippen molar-refractivity contribution in [2.45, 2.75) is 39.3 Å². The van der Waals surface area contributed by atoms with Gasteiger partial charge in [-0.15, -0.1) is 0 Å². The van der Waals surface area contributed by atoms with Gasteiger partial charge in [0.1, 0.15) is 6.61 Å². The first-order valence-electron chi connectivity index (χ1n) is 7.16. The Kier molecular flexibility index (Phi) is 5.15. The molecule has 0 spiro atoms. The van der Waals surface area contributed by atoms with E-state index in [1.54, 1.807) is 0 Å². The third-order valence-corrected chi connectivity index (χ3v) is 3.66. The van der Waals surface area contributed by atoms with Gasteiger partial charge in [-0.3, -0.25) is 4.90 Å². The maximum Gasteiger partial charge on any atom is 0.329 e. The standard InChI is InChI=1S/C16H23NO3/c1-12-7-13(2)9-14(8-12)10-17-5-3-15(4-6-17)20-11-16(18)19/h7-9,15H,3-6,10-11H2,1-2H3,(H,18,19). The summed E-state index contributed by atoms with van der Waals surface area (Å²) in [5.41, 5.74) is 3.96. The molecule has 1 heterocycles. The molecule has 0 bridgehead atoms. The number of rotatable bonds is 5. The maximum absolute atomic E-state index is 10.5. The van der Waals surface area contributed by atoms with Crippen LogP contribution in [0.5, 0.6) is 0 Å². The molecular weight excluding hydrogens is 254 g/mol. The molecule has 2 rings (SSSR count). The van der Waals surface area contributed by atoms with Gasteiger partial charge in [-0.2, -0.15) is 0 Å². The Bertz CT molecular complexity index is 445. The Balaban J connectivity index is 1.80. The zero-order chi connectivity index (χ0) is 14.5. The quantitative estimate of drug-likeness (QED) is 0.897. The van der Waals surface area contributed by atoms with E-state index in [1.807, 2.05) is 0 Å². The van der Waals surface area contributed by atoms with E-state index in [0.717, 1.165) is 32.5 Å². The van der Waals surface area contributed by atoms with E-state index < -0.39 is 5.97 Å². The number of hydrogen-bond acceptors (Lipinski definition) is 3. The van der Waals surface area contributed by atoms with Crippen molar-refractivity contribution in [3.05, 3.63) is 34.9 Å². The van der Waals surface area contributed by atoms with Gasteiger partial charge in [0.25, 0.3) is 0 Å². The lowest BCUT2D eigenvalue weighted by Crippen LogP contribution is -2.37. The molecule has 1 aliphatic rings. The smallest absolute Gasteiger partial charge is 0.329 e. The van der Waals surface area contributed by atoms with Gasteiger partial charge in [-0.05, 0) is 32.3 Å². The SMILES string of the molecule is Cc1cc(C)cc(CN2CCC(OCC(=O)O)CC2)c1. The Hall–Kier alpha value is -1.39. The van der Waals surface area contributed by atoms with Crippen molar-refractivity contribution in [3.8, 4) is 0 Å². The van der Waals surface area contributed by atoms with E-state index in [0.29, 0.717) is 0 Å². The molecule has 0 atom stereocenters. The maximum atomic E-state index is 10.5. The van der Waals surface area contributed by atoms with Gasteiger partial charge in [0.05, 0.1) is 6.10 Å². The molecule has 0 amide bonds. The number of benzene rings is 1. The number of piperidine rings is 1. The molecule has 4 nitrogen and oxygen atoms in total. The van der Waals surface area contributed by atoms with Crippen LogP contribution in [-0.4, -0.2) is 41.8 Å². The highest BCUT2D eigenvalue weighted by molar-refractivity contribution is 5.68. The van der Waals surface area contributed by atoms with E-state index >= 15 is 0 Å². The van der Waals surface area contributed by atoms with Crippen molar-refractivity contribution in [2.75, 3.05) is 19.7 Å². The molecule has 4 heteroatoms. The van der Waals surface area contributed by atoms with Crippen LogP contribution >= 0.6 is 0 Å². The minimum Gasteiger partial charge on any atom is -0.480 e. The van der Waals surface area contributed by atoms with Gasteiger partial charge in [0, 0.05) is 19.6 Å². The largest absolute Gasteiger partial charge is 0.480 e. The number of carbonyl (C=O) groups is 1. The first-order valence-corrected chi connectivity index (χ1v) is 7.16. The van der Waals surface area contributed by atoms with E-state index in [4.69, 9.17) is 9.84 Å². The monoisotopic (exact) mass is 277 g/mol. The summed E-state index contributed by atoms with van der Waals surface area (Å²) in [5, 5.41) is 8.61. The van der Waals surface area contributed by atoms with Crippen LogP contribution in [0.1, 0.15) is 29.5 Å². The Morgan fingerprint density at radius 2 is 1.85 bits per heavy atom. The molecule has 0 unspecified atom stereocenters. The summed E-state index contributed by atoms with van der Waals surface area (Å²) in [6.45, 7) is 6.98. The number of hydrogen-bond donors (Lipinski definition) is 1. The van der Waals surface area contributed by atoms with Gasteiger partial charge in [0.15, 0.2) is 0 Å². The fourth-order valence-corrected chi connectivity index (χ4v) is 2.84. The number of carboxylic acid groups (broad SMARTS) is 1. The first-order chi connectivity index (χ1) is 9.52. The van der Waals surface area contributed by atoms with Crippen LogP contribution in [0.4, 0.5) is 0 Å². The molecule has 1 saturated heterocycles. The summed E-state index contributed by atoms with van der Waals surface area (Å²) >= 11 is 0. The highest BCUT2D eigenvalue weighted by atomic mass is 16.5. The molecule has 0 aromatic heterocycles. The van der Waals surface area contributed by atoms with E-state index in [9.17, 15) is 4.79 Å². The minimum absolute atomic E-state index is 0.0987. The summed E-state index contributed by atoms with van der Waals surface area (Å²) in [5.74, 6) is -0.886. The number of ether oxygens (including phenoxy) is 1. The van der Waals surface area contributed by atoms with E-state index in [-0.39, 0.29) is 12.7 Å². The number of aliphatic carboxylic acids is 1. The summed E-state index contributed by atoms with van der Waals surface area (Å²) in [4.78, 5) is 12.9. The average molecular weight is 277 g/mol. The molecule has 1 fully saturated rings. The Morgan fingerprint density at radius 3 is 2.40 bits per heavy atom. The van der Waals surface area contributed by atoms with Crippen LogP contribution in [0.25, 0.3) is 0 Å². The van der Waals surface area contributed by atoms with Crippen molar-refractivity contribution in [1.82, 2.24) is 4.90 Å².